The second-order valence-corrected chi connectivity index (χ2v) is 27.8. The zero-order valence-electron chi connectivity index (χ0n) is 66.0. The van der Waals surface area contributed by atoms with Gasteiger partial charge < -0.3 is 35.7 Å². The Hall–Kier alpha value is -3.71. The molecule has 0 aliphatic carbocycles. The van der Waals surface area contributed by atoms with Crippen molar-refractivity contribution in [1.82, 2.24) is 0 Å². The molecular formula is C84H168O14. The Morgan fingerprint density at radius 1 is 0.122 bits per heavy atom. The minimum absolute atomic E-state index is 0.343. The summed E-state index contributed by atoms with van der Waals surface area (Å²) >= 11 is 0. The Kier molecular flexibility index (Phi) is 115. The molecule has 0 saturated heterocycles. The number of unbranched alkanes of at least 4 members (excludes halogenated alkanes) is 56. The maximum atomic E-state index is 10.2. The van der Waals surface area contributed by atoms with Gasteiger partial charge in [-0.25, -0.2) is 0 Å². The normalized spacial score (nSPS) is 10.4. The van der Waals surface area contributed by atoms with Crippen LogP contribution in [-0.2, 0) is 33.6 Å². The Morgan fingerprint density at radius 2 is 0.184 bits per heavy atom. The van der Waals surface area contributed by atoms with Gasteiger partial charge in [-0.15, -0.1) is 0 Å². The first-order chi connectivity index (χ1) is 47.4. The molecular weight excluding hydrogens is 1230 g/mol. The van der Waals surface area contributed by atoms with Gasteiger partial charge in [-0.3, -0.25) is 33.6 Å². The maximum Gasteiger partial charge on any atom is 0.303 e. The zero-order chi connectivity index (χ0) is 74.5. The number of carboxylic acids is 7. The van der Waals surface area contributed by atoms with Gasteiger partial charge in [-0.05, 0) is 44.9 Å². The van der Waals surface area contributed by atoms with Gasteiger partial charge in [-0.2, -0.15) is 0 Å². The molecule has 0 unspecified atom stereocenters. The van der Waals surface area contributed by atoms with Gasteiger partial charge in [0.05, 0.1) is 0 Å². The summed E-state index contributed by atoms with van der Waals surface area (Å²) in [6.07, 6.45) is 80.3. The van der Waals surface area contributed by atoms with Crippen LogP contribution >= 0.6 is 0 Å². The molecule has 14 heteroatoms. The van der Waals surface area contributed by atoms with E-state index < -0.39 is 41.8 Å². The van der Waals surface area contributed by atoms with Crippen molar-refractivity contribution >= 4 is 41.8 Å². The minimum Gasteiger partial charge on any atom is -0.481 e. The van der Waals surface area contributed by atoms with Gasteiger partial charge in [-0.1, -0.05) is 408 Å². The largest absolute Gasteiger partial charge is 0.481 e. The quantitative estimate of drug-likeness (QED) is 0.0280. The third-order valence-electron chi connectivity index (χ3n) is 17.5. The van der Waals surface area contributed by atoms with Gasteiger partial charge in [0.25, 0.3) is 0 Å². The molecule has 0 spiro atoms. The molecule has 0 saturated carbocycles. The van der Waals surface area contributed by atoms with Crippen molar-refractivity contribution in [1.29, 1.82) is 0 Å². The summed E-state index contributed by atoms with van der Waals surface area (Å²) in [6, 6.07) is 0. The zero-order valence-corrected chi connectivity index (χ0v) is 66.0. The van der Waals surface area contributed by atoms with Crippen LogP contribution in [0.3, 0.4) is 0 Å². The molecule has 588 valence electrons. The summed E-state index contributed by atoms with van der Waals surface area (Å²) in [5, 5.41) is 58.9. The van der Waals surface area contributed by atoms with E-state index in [-0.39, 0.29) is 0 Å². The SMILES string of the molecule is CCCCCCCCCCCC(=O)O.CCCCCCCCCCCC(=O)O.CCCCCCCCCCCC(=O)O.CCCCCCCCCCCC(=O)O.CCCCCCCCCCCC(=O)O.CCCCCCCCCCCC(=O)O.CCCCCCCCCCCC(=O)O. The second-order valence-electron chi connectivity index (χ2n) is 27.8. The Balaban J connectivity index is -0.000000197. The molecule has 0 aromatic rings. The van der Waals surface area contributed by atoms with Crippen molar-refractivity contribution in [3.63, 3.8) is 0 Å². The summed E-state index contributed by atoms with van der Waals surface area (Å²) in [5.74, 6) is -4.62. The van der Waals surface area contributed by atoms with Crippen LogP contribution in [0.2, 0.25) is 0 Å². The van der Waals surface area contributed by atoms with E-state index in [9.17, 15) is 33.6 Å². The molecule has 0 heterocycles. The first-order valence-corrected chi connectivity index (χ1v) is 41.9. The fourth-order valence-corrected chi connectivity index (χ4v) is 11.1. The molecule has 14 nitrogen and oxygen atoms in total. The number of hydrogen-bond donors (Lipinski definition) is 7. The number of carboxylic acid groups (broad SMARTS) is 7. The summed E-state index contributed by atoms with van der Waals surface area (Å²) in [4.78, 5) is 71.4. The lowest BCUT2D eigenvalue weighted by atomic mass is 10.1. The summed E-state index contributed by atoms with van der Waals surface area (Å²) in [5.41, 5.74) is 0. The highest BCUT2D eigenvalue weighted by molar-refractivity contribution is 5.68. The van der Waals surface area contributed by atoms with Crippen LogP contribution in [-0.4, -0.2) is 77.5 Å². The third kappa shape index (κ3) is 143. The maximum absolute atomic E-state index is 10.2. The fourth-order valence-electron chi connectivity index (χ4n) is 11.1. The fraction of sp³-hybridized carbons (Fsp3) is 0.917. The predicted octanol–water partition coefficient (Wildman–Crippen LogP) is 27.9. The van der Waals surface area contributed by atoms with Gasteiger partial charge in [0.15, 0.2) is 0 Å². The Labute approximate surface area is 606 Å². The van der Waals surface area contributed by atoms with E-state index >= 15 is 0 Å². The molecule has 98 heavy (non-hydrogen) atoms. The Morgan fingerprint density at radius 3 is 0.245 bits per heavy atom. The van der Waals surface area contributed by atoms with E-state index in [1.54, 1.807) is 0 Å². The molecule has 0 rings (SSSR count). The summed E-state index contributed by atoms with van der Waals surface area (Å²) < 4.78 is 0. The van der Waals surface area contributed by atoms with Gasteiger partial charge in [0.2, 0.25) is 0 Å². The molecule has 0 aromatic carbocycles. The molecule has 0 atom stereocenters. The van der Waals surface area contributed by atoms with Crippen LogP contribution in [0.15, 0.2) is 0 Å². The summed E-state index contributed by atoms with van der Waals surface area (Å²) in [7, 11) is 0. The van der Waals surface area contributed by atoms with E-state index in [0.717, 1.165) is 89.9 Å². The van der Waals surface area contributed by atoms with Gasteiger partial charge in [0.1, 0.15) is 0 Å². The molecule has 0 aromatic heterocycles. The van der Waals surface area contributed by atoms with Crippen LogP contribution in [0, 0.1) is 0 Å². The molecule has 7 N–H and O–H groups in total. The standard InChI is InChI=1S/7C12H24O2/c7*1-2-3-4-5-6-7-8-9-10-11-12(13)14/h7*2-11H2,1H3,(H,13,14). The van der Waals surface area contributed by atoms with E-state index in [1.165, 1.54) is 315 Å². The summed E-state index contributed by atoms with van der Waals surface area (Å²) in [6.45, 7) is 15.6. The van der Waals surface area contributed by atoms with Gasteiger partial charge >= 0.3 is 41.8 Å². The van der Waals surface area contributed by atoms with Crippen molar-refractivity contribution in [3.05, 3.63) is 0 Å². The molecule has 0 radical (unpaired) electrons. The lowest BCUT2D eigenvalue weighted by Gasteiger charge is -2.00. The molecule has 0 aliphatic rings. The van der Waals surface area contributed by atoms with Crippen molar-refractivity contribution in [2.45, 2.75) is 498 Å². The predicted molar refractivity (Wildman–Crippen MR) is 416 cm³/mol. The van der Waals surface area contributed by atoms with Crippen molar-refractivity contribution in [2.75, 3.05) is 0 Å². The van der Waals surface area contributed by atoms with E-state index in [4.69, 9.17) is 35.7 Å². The number of aliphatic carboxylic acids is 7. The highest BCUT2D eigenvalue weighted by atomic mass is 16.4. The third-order valence-corrected chi connectivity index (χ3v) is 17.5. The molecule has 0 aliphatic heterocycles. The van der Waals surface area contributed by atoms with Crippen molar-refractivity contribution in [3.8, 4) is 0 Å². The number of carbonyl (C=O) groups is 7. The van der Waals surface area contributed by atoms with E-state index in [1.807, 2.05) is 0 Å². The number of rotatable bonds is 70. The van der Waals surface area contributed by atoms with E-state index in [2.05, 4.69) is 48.5 Å². The minimum atomic E-state index is -0.659. The average molecular weight is 1400 g/mol. The first-order valence-electron chi connectivity index (χ1n) is 41.9. The first kappa shape index (κ1) is 108. The molecule has 0 amide bonds. The van der Waals surface area contributed by atoms with Crippen LogP contribution in [0.4, 0.5) is 0 Å². The lowest BCUT2D eigenvalue weighted by Crippen LogP contribution is -1.93. The highest BCUT2D eigenvalue weighted by Gasteiger charge is 2.03. The van der Waals surface area contributed by atoms with Gasteiger partial charge in [0, 0.05) is 44.9 Å². The van der Waals surface area contributed by atoms with Crippen LogP contribution in [0.5, 0.6) is 0 Å². The average Bonchev–Trinajstić information content (AvgIpc) is 3.64. The monoisotopic (exact) mass is 1400 g/mol. The highest BCUT2D eigenvalue weighted by Crippen LogP contribution is 2.17. The Bertz CT molecular complexity index is 1240. The smallest absolute Gasteiger partial charge is 0.303 e. The topological polar surface area (TPSA) is 261 Å². The van der Waals surface area contributed by atoms with Crippen LogP contribution in [0.1, 0.15) is 498 Å². The van der Waals surface area contributed by atoms with Crippen molar-refractivity contribution in [2.24, 2.45) is 0 Å². The number of hydrogen-bond acceptors (Lipinski definition) is 7. The molecule has 0 bridgehead atoms. The van der Waals surface area contributed by atoms with Crippen LogP contribution in [0.25, 0.3) is 0 Å². The lowest BCUT2D eigenvalue weighted by molar-refractivity contribution is -0.138. The van der Waals surface area contributed by atoms with Crippen LogP contribution < -0.4 is 0 Å². The van der Waals surface area contributed by atoms with Crippen molar-refractivity contribution < 1.29 is 69.3 Å². The second kappa shape index (κ2) is 104. The van der Waals surface area contributed by atoms with E-state index in [0.29, 0.717) is 44.9 Å². The molecule has 0 fully saturated rings.